The van der Waals surface area contributed by atoms with Gasteiger partial charge in [0.05, 0.1) is 17.3 Å². The van der Waals surface area contributed by atoms with Gasteiger partial charge in [-0.1, -0.05) is 11.6 Å². The number of anilines is 2. The fourth-order valence-corrected chi connectivity index (χ4v) is 2.40. The SMILES string of the molecule is COc1cc(Cl)c(C)c(Nc2nc(C)ncc2Br)c1C. The number of aromatic nitrogens is 2. The first-order valence-electron chi connectivity index (χ1n) is 6.04. The number of nitrogens with one attached hydrogen (secondary N) is 1. The van der Waals surface area contributed by atoms with Gasteiger partial charge >= 0.3 is 0 Å². The minimum atomic E-state index is 0.650. The maximum absolute atomic E-state index is 6.24. The lowest BCUT2D eigenvalue weighted by Crippen LogP contribution is -2.03. The summed E-state index contributed by atoms with van der Waals surface area (Å²) in [5, 5.41) is 3.95. The van der Waals surface area contributed by atoms with Gasteiger partial charge in [-0.2, -0.15) is 0 Å². The maximum Gasteiger partial charge on any atom is 0.148 e. The van der Waals surface area contributed by atoms with Crippen LogP contribution >= 0.6 is 27.5 Å². The van der Waals surface area contributed by atoms with Gasteiger partial charge in [-0.05, 0) is 48.3 Å². The minimum Gasteiger partial charge on any atom is -0.496 e. The second-order valence-corrected chi connectivity index (χ2v) is 5.69. The number of hydrogen-bond acceptors (Lipinski definition) is 4. The molecule has 0 amide bonds. The zero-order chi connectivity index (χ0) is 14.9. The standard InChI is InChI=1S/C14H15BrClN3O/c1-7-11(16)5-12(20-4)8(2)13(7)19-14-10(15)6-17-9(3)18-14/h5-6H,1-4H3,(H,17,18,19). The third-order valence-electron chi connectivity index (χ3n) is 3.06. The molecule has 0 saturated heterocycles. The summed E-state index contributed by atoms with van der Waals surface area (Å²) < 4.78 is 6.14. The molecule has 1 heterocycles. The summed E-state index contributed by atoms with van der Waals surface area (Å²) in [5.74, 6) is 2.14. The Morgan fingerprint density at radius 1 is 1.25 bits per heavy atom. The molecule has 1 aromatic heterocycles. The predicted molar refractivity (Wildman–Crippen MR) is 85.2 cm³/mol. The monoisotopic (exact) mass is 355 g/mol. The van der Waals surface area contributed by atoms with Gasteiger partial charge in [0.2, 0.25) is 0 Å². The zero-order valence-corrected chi connectivity index (χ0v) is 14.1. The van der Waals surface area contributed by atoms with Crippen LogP contribution < -0.4 is 10.1 Å². The first kappa shape index (κ1) is 15.1. The highest BCUT2D eigenvalue weighted by Gasteiger charge is 2.14. The number of halogens is 2. The third-order valence-corrected chi connectivity index (χ3v) is 4.04. The molecular formula is C14H15BrClN3O. The molecule has 0 aliphatic heterocycles. The van der Waals surface area contributed by atoms with E-state index < -0.39 is 0 Å². The van der Waals surface area contributed by atoms with Crippen molar-refractivity contribution in [2.75, 3.05) is 12.4 Å². The molecule has 6 heteroatoms. The van der Waals surface area contributed by atoms with Crippen molar-refractivity contribution in [2.24, 2.45) is 0 Å². The first-order chi connectivity index (χ1) is 9.43. The Balaban J connectivity index is 2.53. The van der Waals surface area contributed by atoms with Crippen LogP contribution in [0.15, 0.2) is 16.7 Å². The molecule has 0 aliphatic carbocycles. The number of hydrogen-bond donors (Lipinski definition) is 1. The molecule has 0 radical (unpaired) electrons. The highest BCUT2D eigenvalue weighted by atomic mass is 79.9. The topological polar surface area (TPSA) is 47.0 Å². The van der Waals surface area contributed by atoms with E-state index in [1.54, 1.807) is 13.3 Å². The molecular weight excluding hydrogens is 342 g/mol. The van der Waals surface area contributed by atoms with E-state index in [4.69, 9.17) is 16.3 Å². The molecule has 20 heavy (non-hydrogen) atoms. The largest absolute Gasteiger partial charge is 0.496 e. The van der Waals surface area contributed by atoms with Gasteiger partial charge in [0.25, 0.3) is 0 Å². The molecule has 0 aliphatic rings. The molecule has 106 valence electrons. The van der Waals surface area contributed by atoms with E-state index >= 15 is 0 Å². The Bertz CT molecular complexity index is 661. The van der Waals surface area contributed by atoms with Crippen molar-refractivity contribution in [2.45, 2.75) is 20.8 Å². The lowest BCUT2D eigenvalue weighted by Gasteiger charge is -2.17. The summed E-state index contributed by atoms with van der Waals surface area (Å²) >= 11 is 9.68. The van der Waals surface area contributed by atoms with Crippen LogP contribution in [0, 0.1) is 20.8 Å². The first-order valence-corrected chi connectivity index (χ1v) is 7.21. The van der Waals surface area contributed by atoms with Gasteiger partial charge in [-0.25, -0.2) is 9.97 Å². The van der Waals surface area contributed by atoms with Crippen LogP contribution in [0.1, 0.15) is 17.0 Å². The second kappa shape index (κ2) is 5.97. The van der Waals surface area contributed by atoms with Crippen molar-refractivity contribution in [1.29, 1.82) is 0 Å². The lowest BCUT2D eigenvalue weighted by atomic mass is 10.1. The minimum absolute atomic E-state index is 0.650. The molecule has 1 aromatic carbocycles. The Kier molecular flexibility index (Phi) is 4.50. The third kappa shape index (κ3) is 2.88. The lowest BCUT2D eigenvalue weighted by molar-refractivity contribution is 0.412. The van der Waals surface area contributed by atoms with Crippen LogP contribution in [0.3, 0.4) is 0 Å². The summed E-state index contributed by atoms with van der Waals surface area (Å²) in [7, 11) is 1.63. The molecule has 0 unspecified atom stereocenters. The van der Waals surface area contributed by atoms with Crippen LogP contribution in [0.4, 0.5) is 11.5 Å². The van der Waals surface area contributed by atoms with E-state index in [9.17, 15) is 0 Å². The van der Waals surface area contributed by atoms with Crippen molar-refractivity contribution in [3.05, 3.63) is 38.7 Å². The number of benzene rings is 1. The van der Waals surface area contributed by atoms with E-state index in [0.717, 1.165) is 27.0 Å². The van der Waals surface area contributed by atoms with Gasteiger partial charge in [0.1, 0.15) is 17.4 Å². The summed E-state index contributed by atoms with van der Waals surface area (Å²) in [6, 6.07) is 1.82. The smallest absolute Gasteiger partial charge is 0.148 e. The highest BCUT2D eigenvalue weighted by molar-refractivity contribution is 9.10. The molecule has 0 bridgehead atoms. The second-order valence-electron chi connectivity index (χ2n) is 4.42. The number of methoxy groups -OCH3 is 1. The van der Waals surface area contributed by atoms with E-state index in [2.05, 4.69) is 31.2 Å². The molecule has 2 aromatic rings. The number of nitrogens with zero attached hydrogens (tertiary/aromatic N) is 2. The average molecular weight is 357 g/mol. The Hall–Kier alpha value is -1.33. The number of rotatable bonds is 3. The van der Waals surface area contributed by atoms with Gasteiger partial charge in [-0.15, -0.1) is 0 Å². The fourth-order valence-electron chi connectivity index (χ4n) is 1.92. The molecule has 2 rings (SSSR count). The van der Waals surface area contributed by atoms with Crippen LogP contribution in [-0.2, 0) is 0 Å². The average Bonchev–Trinajstić information content (AvgIpc) is 2.42. The quantitative estimate of drug-likeness (QED) is 0.875. The molecule has 0 saturated carbocycles. The van der Waals surface area contributed by atoms with Gasteiger partial charge < -0.3 is 10.1 Å². The summed E-state index contributed by atoms with van der Waals surface area (Å²) in [5.41, 5.74) is 2.83. The fraction of sp³-hybridized carbons (Fsp3) is 0.286. The van der Waals surface area contributed by atoms with E-state index in [0.29, 0.717) is 16.7 Å². The van der Waals surface area contributed by atoms with Crippen molar-refractivity contribution in [3.8, 4) is 5.75 Å². The van der Waals surface area contributed by atoms with Crippen LogP contribution in [0.2, 0.25) is 5.02 Å². The predicted octanol–water partition coefficient (Wildman–Crippen LogP) is 4.57. The molecule has 0 atom stereocenters. The van der Waals surface area contributed by atoms with Crippen LogP contribution in [-0.4, -0.2) is 17.1 Å². The zero-order valence-electron chi connectivity index (χ0n) is 11.7. The summed E-state index contributed by atoms with van der Waals surface area (Å²) in [6.45, 7) is 5.78. The molecule has 4 nitrogen and oxygen atoms in total. The molecule has 1 N–H and O–H groups in total. The molecule has 0 fully saturated rings. The maximum atomic E-state index is 6.24. The van der Waals surface area contributed by atoms with Gasteiger partial charge in [0.15, 0.2) is 0 Å². The van der Waals surface area contributed by atoms with Crippen LogP contribution in [0.5, 0.6) is 5.75 Å². The van der Waals surface area contributed by atoms with E-state index in [1.807, 2.05) is 26.8 Å². The van der Waals surface area contributed by atoms with Crippen molar-refractivity contribution >= 4 is 39.0 Å². The Labute approximate surface area is 131 Å². The van der Waals surface area contributed by atoms with Crippen molar-refractivity contribution in [1.82, 2.24) is 9.97 Å². The highest BCUT2D eigenvalue weighted by Crippen LogP contribution is 2.37. The normalized spacial score (nSPS) is 10.5. The van der Waals surface area contributed by atoms with Crippen molar-refractivity contribution in [3.63, 3.8) is 0 Å². The van der Waals surface area contributed by atoms with Gasteiger partial charge in [0, 0.05) is 16.8 Å². The number of ether oxygens (including phenoxy) is 1. The molecule has 0 spiro atoms. The van der Waals surface area contributed by atoms with Gasteiger partial charge in [-0.3, -0.25) is 0 Å². The Morgan fingerprint density at radius 2 is 1.95 bits per heavy atom. The summed E-state index contributed by atoms with van der Waals surface area (Å²) in [6.07, 6.45) is 1.72. The summed E-state index contributed by atoms with van der Waals surface area (Å²) in [4.78, 5) is 8.51. The number of aryl methyl sites for hydroxylation is 1. The van der Waals surface area contributed by atoms with Crippen molar-refractivity contribution < 1.29 is 4.74 Å². The van der Waals surface area contributed by atoms with E-state index in [-0.39, 0.29) is 0 Å². The van der Waals surface area contributed by atoms with Crippen LogP contribution in [0.25, 0.3) is 0 Å². The van der Waals surface area contributed by atoms with E-state index in [1.165, 1.54) is 0 Å². The Morgan fingerprint density at radius 3 is 2.60 bits per heavy atom.